The van der Waals surface area contributed by atoms with Crippen LogP contribution in [0.1, 0.15) is 47.2 Å². The van der Waals surface area contributed by atoms with Crippen LogP contribution >= 0.6 is 0 Å². The molecule has 10 heteroatoms. The first kappa shape index (κ1) is 26.7. The van der Waals surface area contributed by atoms with Crippen LogP contribution < -0.4 is 10.6 Å². The number of aromatic nitrogens is 3. The third-order valence-electron chi connectivity index (χ3n) is 6.41. The molecule has 1 fully saturated rings. The van der Waals surface area contributed by atoms with Gasteiger partial charge in [-0.3, -0.25) is 14.7 Å². The van der Waals surface area contributed by atoms with Crippen molar-refractivity contribution in [2.75, 3.05) is 30.8 Å². The molecule has 1 amide bonds. The minimum Gasteiger partial charge on any atom is -0.481 e. The Morgan fingerprint density at radius 2 is 1.76 bits per heavy atom. The fraction of sp³-hybridized carbons (Fsp3) is 0.286. The minimum atomic E-state index is -0.833. The van der Waals surface area contributed by atoms with E-state index in [0.717, 1.165) is 38.4 Å². The number of fused-ring (bicyclic) bond motifs is 1. The van der Waals surface area contributed by atoms with Crippen LogP contribution in [0.15, 0.2) is 54.6 Å². The molecule has 38 heavy (non-hydrogen) atoms. The number of anilines is 3. The van der Waals surface area contributed by atoms with Crippen molar-refractivity contribution in [1.29, 1.82) is 0 Å². The van der Waals surface area contributed by atoms with Gasteiger partial charge in [0.1, 0.15) is 11.6 Å². The van der Waals surface area contributed by atoms with Crippen LogP contribution in [0.2, 0.25) is 0 Å². The number of pyridine rings is 1. The Morgan fingerprint density at radius 1 is 1.08 bits per heavy atom. The lowest BCUT2D eigenvalue weighted by Gasteiger charge is -2.29. The highest BCUT2D eigenvalue weighted by Crippen LogP contribution is 2.28. The Balaban J connectivity index is 0.000000786. The number of H-pyrrole nitrogens is 1. The number of hydrogen-bond acceptors (Lipinski definition) is 6. The van der Waals surface area contributed by atoms with Crippen molar-refractivity contribution in [1.82, 2.24) is 20.1 Å². The molecule has 0 unspecified atom stereocenters. The van der Waals surface area contributed by atoms with E-state index in [0.29, 0.717) is 39.8 Å². The number of rotatable bonds is 5. The maximum Gasteiger partial charge on any atom is 0.300 e. The Bertz CT molecular complexity index is 1420. The molecule has 9 nitrogen and oxygen atoms in total. The molecule has 0 spiro atoms. The monoisotopic (exact) mass is 518 g/mol. The van der Waals surface area contributed by atoms with Crippen molar-refractivity contribution in [3.05, 3.63) is 77.1 Å². The molecule has 4 aromatic rings. The zero-order valence-corrected chi connectivity index (χ0v) is 21.6. The molecule has 4 N–H and O–H groups in total. The van der Waals surface area contributed by atoms with E-state index >= 15 is 0 Å². The molecule has 0 atom stereocenters. The van der Waals surface area contributed by atoms with E-state index in [4.69, 9.17) is 9.90 Å². The van der Waals surface area contributed by atoms with E-state index in [1.165, 1.54) is 11.6 Å². The predicted octanol–water partition coefficient (Wildman–Crippen LogP) is 5.30. The number of nitrogens with one attached hydrogen (secondary N) is 3. The van der Waals surface area contributed by atoms with E-state index in [-0.39, 0.29) is 11.7 Å². The largest absolute Gasteiger partial charge is 0.481 e. The predicted molar refractivity (Wildman–Crippen MR) is 145 cm³/mol. The van der Waals surface area contributed by atoms with Gasteiger partial charge in [-0.15, -0.1) is 0 Å². The summed E-state index contributed by atoms with van der Waals surface area (Å²) in [5, 5.41) is 21.0. The summed E-state index contributed by atoms with van der Waals surface area (Å²) in [5.74, 6) is 0.0145. The molecule has 198 valence electrons. The molecule has 2 aromatic heterocycles. The molecule has 3 heterocycles. The number of carboxylic acid groups (broad SMARTS) is 1. The van der Waals surface area contributed by atoms with E-state index in [9.17, 15) is 9.18 Å². The lowest BCUT2D eigenvalue weighted by atomic mass is 9.89. The van der Waals surface area contributed by atoms with Crippen molar-refractivity contribution in [3.8, 4) is 0 Å². The van der Waals surface area contributed by atoms with Crippen LogP contribution in [0.25, 0.3) is 11.0 Å². The Morgan fingerprint density at radius 3 is 2.42 bits per heavy atom. The maximum absolute atomic E-state index is 14.1. The van der Waals surface area contributed by atoms with Gasteiger partial charge < -0.3 is 20.6 Å². The van der Waals surface area contributed by atoms with Gasteiger partial charge in [0.25, 0.3) is 11.9 Å². The first-order chi connectivity index (χ1) is 18.2. The van der Waals surface area contributed by atoms with Crippen LogP contribution in [0.3, 0.4) is 0 Å². The number of benzene rings is 2. The summed E-state index contributed by atoms with van der Waals surface area (Å²) in [7, 11) is 2.15. The number of piperidine rings is 1. The molecule has 1 aliphatic heterocycles. The number of aromatic amines is 1. The van der Waals surface area contributed by atoms with Gasteiger partial charge in [-0.1, -0.05) is 18.2 Å². The van der Waals surface area contributed by atoms with Gasteiger partial charge in [-0.2, -0.15) is 5.10 Å². The maximum atomic E-state index is 14.1. The van der Waals surface area contributed by atoms with Gasteiger partial charge in [0.15, 0.2) is 11.5 Å². The lowest BCUT2D eigenvalue weighted by molar-refractivity contribution is -0.134. The fourth-order valence-electron chi connectivity index (χ4n) is 4.36. The number of carbonyl (C=O) groups is 2. The topological polar surface area (TPSA) is 123 Å². The quantitative estimate of drug-likeness (QED) is 0.283. The molecule has 5 rings (SSSR count). The first-order valence-corrected chi connectivity index (χ1v) is 12.4. The van der Waals surface area contributed by atoms with E-state index < -0.39 is 5.97 Å². The van der Waals surface area contributed by atoms with Gasteiger partial charge in [0.2, 0.25) is 0 Å². The molecule has 0 saturated carbocycles. The third-order valence-corrected chi connectivity index (χ3v) is 6.41. The second-order valence-corrected chi connectivity index (χ2v) is 9.45. The van der Waals surface area contributed by atoms with Crippen molar-refractivity contribution in [2.45, 2.75) is 32.6 Å². The van der Waals surface area contributed by atoms with Crippen LogP contribution in [0, 0.1) is 12.7 Å². The number of hydrogen-bond donors (Lipinski definition) is 4. The van der Waals surface area contributed by atoms with Gasteiger partial charge in [-0.25, -0.2) is 9.37 Å². The first-order valence-electron chi connectivity index (χ1n) is 12.4. The van der Waals surface area contributed by atoms with E-state index in [2.05, 4.69) is 49.9 Å². The standard InChI is InChI=1S/C26H27FN6O.C2H4O2/c1-16-3-9-22(21(27)15-16)28-23-10-8-20-24(29-23)31-32-25(20)30-26(34)19-6-4-17(5-7-19)18-11-13-33(2)14-12-18;1-2(3)4/h3-10,15,18H,11-14H2,1-2H3,(H3,28,29,30,31,32,34);1H3,(H,3,4). The Kier molecular flexibility index (Phi) is 8.32. The van der Waals surface area contributed by atoms with Gasteiger partial charge >= 0.3 is 0 Å². The molecular formula is C28H31FN6O3. The van der Waals surface area contributed by atoms with Crippen LogP contribution in [-0.4, -0.2) is 57.2 Å². The molecule has 1 saturated heterocycles. The molecule has 2 aromatic carbocycles. The molecule has 1 aliphatic rings. The average Bonchev–Trinajstić information content (AvgIpc) is 3.28. The number of aryl methyl sites for hydroxylation is 1. The highest BCUT2D eigenvalue weighted by molar-refractivity contribution is 6.07. The number of aliphatic carboxylic acids is 1. The van der Waals surface area contributed by atoms with Gasteiger partial charge in [-0.05, 0) is 93.3 Å². The summed E-state index contributed by atoms with van der Waals surface area (Å²) in [4.78, 5) is 28.6. The lowest BCUT2D eigenvalue weighted by Crippen LogP contribution is -2.29. The second-order valence-electron chi connectivity index (χ2n) is 9.45. The zero-order valence-electron chi connectivity index (χ0n) is 21.6. The molecule has 0 aliphatic carbocycles. The van der Waals surface area contributed by atoms with Crippen molar-refractivity contribution >= 4 is 40.2 Å². The number of likely N-dealkylation sites (tertiary alicyclic amines) is 1. The number of halogens is 1. The summed E-state index contributed by atoms with van der Waals surface area (Å²) in [6.07, 6.45) is 2.28. The van der Waals surface area contributed by atoms with Crippen molar-refractivity contribution in [2.24, 2.45) is 0 Å². The summed E-state index contributed by atoms with van der Waals surface area (Å²) < 4.78 is 14.1. The van der Waals surface area contributed by atoms with E-state index in [1.807, 2.05) is 25.1 Å². The number of amides is 1. The minimum absolute atomic E-state index is 0.229. The smallest absolute Gasteiger partial charge is 0.300 e. The summed E-state index contributed by atoms with van der Waals surface area (Å²) in [5.41, 5.74) is 3.54. The van der Waals surface area contributed by atoms with E-state index in [1.54, 1.807) is 18.2 Å². The highest BCUT2D eigenvalue weighted by Gasteiger charge is 2.19. The highest BCUT2D eigenvalue weighted by atomic mass is 19.1. The van der Waals surface area contributed by atoms with Crippen LogP contribution in [0.4, 0.5) is 21.7 Å². The fourth-order valence-corrected chi connectivity index (χ4v) is 4.36. The van der Waals surface area contributed by atoms with Crippen LogP contribution in [0.5, 0.6) is 0 Å². The molecule has 0 radical (unpaired) electrons. The number of nitrogens with zero attached hydrogens (tertiary/aromatic N) is 3. The average molecular weight is 519 g/mol. The van der Waals surface area contributed by atoms with Crippen molar-refractivity contribution < 1.29 is 19.1 Å². The SMILES string of the molecule is CC(=O)O.Cc1ccc(Nc2ccc3c(NC(=O)c4ccc(C5CCN(C)CC5)cc4)n[nH]c3n2)c(F)c1. The number of carbonyl (C=O) groups excluding carboxylic acids is 1. The van der Waals surface area contributed by atoms with Gasteiger partial charge in [0, 0.05) is 12.5 Å². The molecular weight excluding hydrogens is 487 g/mol. The van der Waals surface area contributed by atoms with Crippen molar-refractivity contribution in [3.63, 3.8) is 0 Å². The molecule has 0 bridgehead atoms. The Labute approximate surface area is 220 Å². The normalized spacial score (nSPS) is 14.0. The Hall–Kier alpha value is -4.31. The number of carboxylic acids is 1. The van der Waals surface area contributed by atoms with Crippen LogP contribution in [-0.2, 0) is 4.79 Å². The summed E-state index contributed by atoms with van der Waals surface area (Å²) in [6.45, 7) is 5.12. The summed E-state index contributed by atoms with van der Waals surface area (Å²) in [6, 6.07) is 16.3. The second kappa shape index (κ2) is 11.8. The van der Waals surface area contributed by atoms with Gasteiger partial charge in [0.05, 0.1) is 11.1 Å². The third kappa shape index (κ3) is 6.71. The summed E-state index contributed by atoms with van der Waals surface area (Å²) >= 11 is 0. The zero-order chi connectivity index (χ0) is 27.2.